The lowest BCUT2D eigenvalue weighted by molar-refractivity contribution is -0.121. The first-order chi connectivity index (χ1) is 15.8. The molecule has 33 heavy (non-hydrogen) atoms. The van der Waals surface area contributed by atoms with Crippen LogP contribution in [0.25, 0.3) is 27.9 Å². The summed E-state index contributed by atoms with van der Waals surface area (Å²) in [6, 6.07) is 4.02. The van der Waals surface area contributed by atoms with Crippen LogP contribution in [0.2, 0.25) is 0 Å². The number of carbonyl (C=O) groups excluding carboxylic acids is 1. The summed E-state index contributed by atoms with van der Waals surface area (Å²) in [7, 11) is 3.75. The molecule has 0 aliphatic carbocycles. The number of hydrogen-bond donors (Lipinski definition) is 3. The molecule has 1 amide bonds. The van der Waals surface area contributed by atoms with Gasteiger partial charge in [-0.25, -0.2) is 14.5 Å². The Balaban J connectivity index is 1.63. The number of aromatic nitrogens is 5. The molecule has 3 N–H and O–H groups in total. The number of amides is 1. The van der Waals surface area contributed by atoms with Gasteiger partial charge in [0.1, 0.15) is 12.1 Å². The van der Waals surface area contributed by atoms with Gasteiger partial charge in [0, 0.05) is 30.4 Å². The van der Waals surface area contributed by atoms with Gasteiger partial charge in [-0.2, -0.15) is 5.10 Å². The van der Waals surface area contributed by atoms with Crippen LogP contribution in [0.15, 0.2) is 24.7 Å². The molecule has 0 aliphatic heterocycles. The molecule has 0 spiro atoms. The van der Waals surface area contributed by atoms with Crippen molar-refractivity contribution in [3.05, 3.63) is 41.3 Å². The van der Waals surface area contributed by atoms with Crippen molar-refractivity contribution in [2.24, 2.45) is 0 Å². The number of nitrogens with zero attached hydrogens (tertiary/aromatic N) is 5. The maximum atomic E-state index is 11.8. The van der Waals surface area contributed by atoms with Gasteiger partial charge in [-0.05, 0) is 57.1 Å². The fourth-order valence-corrected chi connectivity index (χ4v) is 4.15. The summed E-state index contributed by atoms with van der Waals surface area (Å²) in [5, 5.41) is 10.6. The zero-order valence-electron chi connectivity index (χ0n) is 20.2. The van der Waals surface area contributed by atoms with Crippen LogP contribution >= 0.6 is 0 Å². The maximum absolute atomic E-state index is 11.8. The van der Waals surface area contributed by atoms with Crippen molar-refractivity contribution < 1.29 is 4.79 Å². The van der Waals surface area contributed by atoms with E-state index in [2.05, 4.69) is 59.5 Å². The number of aryl methyl sites for hydroxylation is 1. The van der Waals surface area contributed by atoms with E-state index >= 15 is 0 Å². The zero-order valence-corrected chi connectivity index (χ0v) is 20.2. The topological polar surface area (TPSA) is 103 Å². The molecular formula is C24H32N8O. The average Bonchev–Trinajstić information content (AvgIpc) is 3.37. The predicted molar refractivity (Wildman–Crippen MR) is 132 cm³/mol. The summed E-state index contributed by atoms with van der Waals surface area (Å²) in [6.45, 7) is 10.1. The summed E-state index contributed by atoms with van der Waals surface area (Å²) in [5.41, 5.74) is 8.46. The molecule has 9 heteroatoms. The van der Waals surface area contributed by atoms with Crippen molar-refractivity contribution in [1.82, 2.24) is 34.8 Å². The van der Waals surface area contributed by atoms with E-state index in [9.17, 15) is 4.79 Å². The molecule has 4 aromatic heterocycles. The molecule has 4 heterocycles. The van der Waals surface area contributed by atoms with E-state index in [0.717, 1.165) is 39.3 Å². The Morgan fingerprint density at radius 3 is 2.70 bits per heavy atom. The SMILES string of the molecule is Cc1c(-c2[nH]c3ccc(NCCNC(=O)CN(C)C)nc3c2C(C)C)cn2ncnc2c1C. The number of fused-ring (bicyclic) bond motifs is 2. The molecule has 174 valence electrons. The summed E-state index contributed by atoms with van der Waals surface area (Å²) in [6.07, 6.45) is 3.62. The van der Waals surface area contributed by atoms with Crippen molar-refractivity contribution in [1.29, 1.82) is 0 Å². The van der Waals surface area contributed by atoms with Crippen LogP contribution in [0, 0.1) is 13.8 Å². The Hall–Kier alpha value is -3.46. The fourth-order valence-electron chi connectivity index (χ4n) is 4.15. The van der Waals surface area contributed by atoms with Crippen molar-refractivity contribution in [2.75, 3.05) is 39.0 Å². The number of nitrogens with one attached hydrogen (secondary N) is 3. The second-order valence-corrected chi connectivity index (χ2v) is 9.00. The molecule has 0 unspecified atom stereocenters. The van der Waals surface area contributed by atoms with E-state index < -0.39 is 0 Å². The first-order valence-corrected chi connectivity index (χ1v) is 11.2. The third kappa shape index (κ3) is 4.54. The summed E-state index contributed by atoms with van der Waals surface area (Å²) < 4.78 is 1.83. The average molecular weight is 449 g/mol. The first-order valence-electron chi connectivity index (χ1n) is 11.2. The number of likely N-dealkylation sites (N-methyl/N-ethyl adjacent to an activating group) is 1. The minimum Gasteiger partial charge on any atom is -0.368 e. The van der Waals surface area contributed by atoms with Gasteiger partial charge in [-0.15, -0.1) is 0 Å². The molecule has 4 aromatic rings. The number of aromatic amines is 1. The van der Waals surface area contributed by atoms with Gasteiger partial charge in [0.15, 0.2) is 5.65 Å². The number of hydrogen-bond acceptors (Lipinski definition) is 6. The third-order valence-corrected chi connectivity index (χ3v) is 5.87. The Kier molecular flexibility index (Phi) is 6.33. The largest absolute Gasteiger partial charge is 0.368 e. The van der Waals surface area contributed by atoms with Crippen LogP contribution in [0.3, 0.4) is 0 Å². The molecule has 0 saturated heterocycles. The molecular weight excluding hydrogens is 416 g/mol. The summed E-state index contributed by atoms with van der Waals surface area (Å²) >= 11 is 0. The molecule has 0 radical (unpaired) electrons. The lowest BCUT2D eigenvalue weighted by atomic mass is 9.95. The van der Waals surface area contributed by atoms with Crippen LogP contribution < -0.4 is 10.6 Å². The molecule has 9 nitrogen and oxygen atoms in total. The number of pyridine rings is 2. The minimum absolute atomic E-state index is 0.0117. The second kappa shape index (κ2) is 9.19. The number of H-pyrrole nitrogens is 1. The van der Waals surface area contributed by atoms with E-state index in [1.165, 1.54) is 11.1 Å². The number of carbonyl (C=O) groups is 1. The normalized spacial score (nSPS) is 11.8. The standard InChI is InChI=1S/C24H32N8O/c1-14(2)21-22(17-11-32-24(27-13-28-32)16(4)15(17)3)29-18-7-8-19(30-23(18)21)25-9-10-26-20(33)12-31(5)6/h7-8,11,13-14,29H,9-10,12H2,1-6H3,(H,25,30)(H,26,33). The monoisotopic (exact) mass is 448 g/mol. The van der Waals surface area contributed by atoms with E-state index in [1.807, 2.05) is 35.8 Å². The molecule has 0 fully saturated rings. The smallest absolute Gasteiger partial charge is 0.234 e. The van der Waals surface area contributed by atoms with Gasteiger partial charge >= 0.3 is 0 Å². The zero-order chi connectivity index (χ0) is 23.7. The van der Waals surface area contributed by atoms with Crippen LogP contribution in [-0.2, 0) is 4.79 Å². The van der Waals surface area contributed by atoms with E-state index in [1.54, 1.807) is 6.33 Å². The van der Waals surface area contributed by atoms with Gasteiger partial charge in [0.25, 0.3) is 0 Å². The molecule has 4 rings (SSSR count). The van der Waals surface area contributed by atoms with Gasteiger partial charge in [0.05, 0.1) is 23.3 Å². The van der Waals surface area contributed by atoms with Crippen molar-refractivity contribution in [3.8, 4) is 11.3 Å². The maximum Gasteiger partial charge on any atom is 0.234 e. The Morgan fingerprint density at radius 1 is 1.18 bits per heavy atom. The van der Waals surface area contributed by atoms with Crippen molar-refractivity contribution >= 4 is 28.4 Å². The van der Waals surface area contributed by atoms with Crippen LogP contribution in [-0.4, -0.2) is 69.1 Å². The van der Waals surface area contributed by atoms with Crippen molar-refractivity contribution in [2.45, 2.75) is 33.6 Å². The van der Waals surface area contributed by atoms with E-state index in [-0.39, 0.29) is 11.8 Å². The predicted octanol–water partition coefficient (Wildman–Crippen LogP) is 3.10. The highest BCUT2D eigenvalue weighted by atomic mass is 16.2. The van der Waals surface area contributed by atoms with Gasteiger partial charge < -0.3 is 20.5 Å². The van der Waals surface area contributed by atoms with Crippen molar-refractivity contribution in [3.63, 3.8) is 0 Å². The van der Waals surface area contributed by atoms with Crippen LogP contribution in [0.4, 0.5) is 5.82 Å². The van der Waals surface area contributed by atoms with Crippen LogP contribution in [0.1, 0.15) is 36.5 Å². The lowest BCUT2D eigenvalue weighted by Gasteiger charge is -2.13. The highest BCUT2D eigenvalue weighted by Gasteiger charge is 2.21. The minimum atomic E-state index is 0.0117. The third-order valence-electron chi connectivity index (χ3n) is 5.87. The van der Waals surface area contributed by atoms with Crippen LogP contribution in [0.5, 0.6) is 0 Å². The second-order valence-electron chi connectivity index (χ2n) is 9.00. The quantitative estimate of drug-likeness (QED) is 0.358. The van der Waals surface area contributed by atoms with Gasteiger partial charge in [-0.1, -0.05) is 13.8 Å². The highest BCUT2D eigenvalue weighted by molar-refractivity contribution is 5.90. The van der Waals surface area contributed by atoms with Gasteiger partial charge in [-0.3, -0.25) is 4.79 Å². The van der Waals surface area contributed by atoms with Gasteiger partial charge in [0.2, 0.25) is 5.91 Å². The highest BCUT2D eigenvalue weighted by Crippen LogP contribution is 2.37. The summed E-state index contributed by atoms with van der Waals surface area (Å²) in [5.74, 6) is 1.07. The number of rotatable bonds is 8. The first kappa shape index (κ1) is 22.7. The summed E-state index contributed by atoms with van der Waals surface area (Å²) in [4.78, 5) is 26.5. The molecule has 0 bridgehead atoms. The fraction of sp³-hybridized carbons (Fsp3) is 0.417. The Morgan fingerprint density at radius 2 is 1.97 bits per heavy atom. The Bertz CT molecular complexity index is 1300. The molecule has 0 aromatic carbocycles. The lowest BCUT2D eigenvalue weighted by Crippen LogP contribution is -2.35. The molecule has 0 atom stereocenters. The molecule has 0 aliphatic rings. The molecule has 0 saturated carbocycles. The van der Waals surface area contributed by atoms with E-state index in [4.69, 9.17) is 4.98 Å². The van der Waals surface area contributed by atoms with E-state index in [0.29, 0.717) is 19.6 Å². The number of anilines is 1. The Labute approximate surface area is 193 Å².